The zero-order valence-electron chi connectivity index (χ0n) is 57.7. The SMILES string of the molecule is CCCCCCCCCCCCCC(=O)O[C@H](COC(=O)CCCCCCCCCC)COP(=O)(O)OC[C@H](O)COP(=O)(O)OC[C@@H](COC(=O)CCCCCCCCCCCCCCC(C)C)OC(=O)CCCCCCCCCCCCCCC(C)C. The van der Waals surface area contributed by atoms with E-state index in [0.717, 1.165) is 108 Å². The van der Waals surface area contributed by atoms with Gasteiger partial charge < -0.3 is 33.8 Å². The van der Waals surface area contributed by atoms with Crippen molar-refractivity contribution in [2.24, 2.45) is 11.8 Å². The monoisotopic (exact) mass is 1310 g/mol. The van der Waals surface area contributed by atoms with Gasteiger partial charge in [0.15, 0.2) is 12.2 Å². The molecule has 3 N–H and O–H groups in total. The molecule has 19 heteroatoms. The largest absolute Gasteiger partial charge is 0.472 e. The van der Waals surface area contributed by atoms with E-state index in [9.17, 15) is 43.2 Å². The summed E-state index contributed by atoms with van der Waals surface area (Å²) in [6.45, 7) is 9.54. The van der Waals surface area contributed by atoms with E-state index < -0.39 is 97.5 Å². The van der Waals surface area contributed by atoms with Gasteiger partial charge in [-0.2, -0.15) is 0 Å². The van der Waals surface area contributed by atoms with Gasteiger partial charge in [-0.25, -0.2) is 9.13 Å². The van der Waals surface area contributed by atoms with Gasteiger partial charge in [-0.1, -0.05) is 305 Å². The summed E-state index contributed by atoms with van der Waals surface area (Å²) in [5, 5.41) is 10.6. The van der Waals surface area contributed by atoms with Gasteiger partial charge in [0.2, 0.25) is 0 Å². The molecule has 0 fully saturated rings. The van der Waals surface area contributed by atoms with Crippen LogP contribution in [0.3, 0.4) is 0 Å². The van der Waals surface area contributed by atoms with Crippen molar-refractivity contribution in [3.63, 3.8) is 0 Å². The second-order valence-electron chi connectivity index (χ2n) is 26.2. The summed E-state index contributed by atoms with van der Waals surface area (Å²) in [4.78, 5) is 72.5. The Morgan fingerprint density at radius 1 is 0.303 bits per heavy atom. The van der Waals surface area contributed by atoms with Gasteiger partial charge in [0.05, 0.1) is 26.4 Å². The first kappa shape index (κ1) is 87.1. The summed E-state index contributed by atoms with van der Waals surface area (Å²) < 4.78 is 68.2. The van der Waals surface area contributed by atoms with Gasteiger partial charge in [-0.3, -0.25) is 37.3 Å². The number of unbranched alkanes of at least 4 members (excludes halogenated alkanes) is 39. The number of aliphatic hydroxyl groups excluding tert-OH is 1. The lowest BCUT2D eigenvalue weighted by atomic mass is 10.0. The summed E-state index contributed by atoms with van der Waals surface area (Å²) in [6, 6.07) is 0. The minimum Gasteiger partial charge on any atom is -0.462 e. The summed E-state index contributed by atoms with van der Waals surface area (Å²) >= 11 is 0. The molecule has 17 nitrogen and oxygen atoms in total. The van der Waals surface area contributed by atoms with Crippen molar-refractivity contribution >= 4 is 39.5 Å². The first-order valence-electron chi connectivity index (χ1n) is 36.5. The highest BCUT2D eigenvalue weighted by atomic mass is 31.2. The highest BCUT2D eigenvalue weighted by Gasteiger charge is 2.30. The molecule has 0 amide bonds. The maximum absolute atomic E-state index is 13.0. The van der Waals surface area contributed by atoms with Crippen LogP contribution in [0.4, 0.5) is 0 Å². The summed E-state index contributed by atoms with van der Waals surface area (Å²) in [6.07, 6.45) is 47.1. The van der Waals surface area contributed by atoms with Crippen molar-refractivity contribution in [3.05, 3.63) is 0 Å². The number of phosphoric ester groups is 2. The molecule has 89 heavy (non-hydrogen) atoms. The van der Waals surface area contributed by atoms with Crippen LogP contribution in [0.25, 0.3) is 0 Å². The van der Waals surface area contributed by atoms with Crippen molar-refractivity contribution in [1.82, 2.24) is 0 Å². The van der Waals surface area contributed by atoms with Crippen LogP contribution in [0.5, 0.6) is 0 Å². The average molecular weight is 1310 g/mol. The van der Waals surface area contributed by atoms with E-state index in [0.29, 0.717) is 25.7 Å². The average Bonchev–Trinajstić information content (AvgIpc) is 3.71. The van der Waals surface area contributed by atoms with Crippen molar-refractivity contribution in [2.75, 3.05) is 39.6 Å². The Bertz CT molecular complexity index is 1730. The first-order chi connectivity index (χ1) is 42.9. The highest BCUT2D eigenvalue weighted by molar-refractivity contribution is 7.47. The smallest absolute Gasteiger partial charge is 0.462 e. The molecule has 528 valence electrons. The van der Waals surface area contributed by atoms with Crippen molar-refractivity contribution < 1.29 is 80.2 Å². The minimum absolute atomic E-state index is 0.107. The predicted octanol–water partition coefficient (Wildman–Crippen LogP) is 20.0. The Hall–Kier alpha value is -1.94. The molecule has 0 saturated heterocycles. The Morgan fingerprint density at radius 2 is 0.517 bits per heavy atom. The minimum atomic E-state index is -4.95. The quantitative estimate of drug-likeness (QED) is 0.0222. The number of hydrogen-bond donors (Lipinski definition) is 3. The number of phosphoric acid groups is 2. The summed E-state index contributed by atoms with van der Waals surface area (Å²) in [5.41, 5.74) is 0. The Kier molecular flexibility index (Phi) is 60.8. The van der Waals surface area contributed by atoms with Crippen LogP contribution in [0, 0.1) is 11.8 Å². The maximum atomic E-state index is 13.0. The zero-order chi connectivity index (χ0) is 65.7. The maximum Gasteiger partial charge on any atom is 0.472 e. The van der Waals surface area contributed by atoms with Gasteiger partial charge >= 0.3 is 39.5 Å². The zero-order valence-corrected chi connectivity index (χ0v) is 59.5. The molecule has 0 aliphatic heterocycles. The third kappa shape index (κ3) is 64.6. The molecule has 5 atom stereocenters. The summed E-state index contributed by atoms with van der Waals surface area (Å²) in [7, 11) is -9.90. The highest BCUT2D eigenvalue weighted by Crippen LogP contribution is 2.45. The Morgan fingerprint density at radius 3 is 0.764 bits per heavy atom. The van der Waals surface area contributed by atoms with Gasteiger partial charge in [-0.05, 0) is 37.5 Å². The second-order valence-corrected chi connectivity index (χ2v) is 29.1. The first-order valence-corrected chi connectivity index (χ1v) is 39.5. The molecule has 0 bridgehead atoms. The van der Waals surface area contributed by atoms with Crippen LogP contribution in [0.2, 0.25) is 0 Å². The molecule has 0 spiro atoms. The fourth-order valence-electron chi connectivity index (χ4n) is 10.6. The van der Waals surface area contributed by atoms with Gasteiger partial charge in [0, 0.05) is 25.7 Å². The van der Waals surface area contributed by atoms with Crippen LogP contribution >= 0.6 is 15.6 Å². The topological polar surface area (TPSA) is 237 Å². The van der Waals surface area contributed by atoms with Gasteiger partial charge in [-0.15, -0.1) is 0 Å². The summed E-state index contributed by atoms with van der Waals surface area (Å²) in [5.74, 6) is -0.567. The standard InChI is InChI=1S/C70H136O17P2/c1-7-9-11-13-15-17-22-30-36-42-48-54-69(74)86-65(58-80-67(72)52-46-40-34-16-14-12-10-8-2)60-84-88(76,77)82-56-64(71)57-83-89(78,79)85-61-66(87-70(75)55-49-43-37-31-26-21-19-24-28-33-39-45-51-63(5)6)59-81-68(73)53-47-41-35-29-25-20-18-23-27-32-38-44-50-62(3)4/h62-66,71H,7-61H2,1-6H3,(H,76,77)(H,78,79)/t64-,65+,66+/m0/s1. The molecule has 0 aromatic carbocycles. The normalized spacial score (nSPS) is 14.1. The molecule has 0 aromatic heterocycles. The third-order valence-electron chi connectivity index (χ3n) is 16.2. The lowest BCUT2D eigenvalue weighted by Gasteiger charge is -2.21. The van der Waals surface area contributed by atoms with E-state index in [2.05, 4.69) is 41.5 Å². The number of rotatable bonds is 69. The molecule has 2 unspecified atom stereocenters. The fourth-order valence-corrected chi connectivity index (χ4v) is 12.2. The number of carbonyl (C=O) groups excluding carboxylic acids is 4. The molecule has 0 aliphatic carbocycles. The third-order valence-corrected chi connectivity index (χ3v) is 18.1. The molecule has 0 radical (unpaired) electrons. The van der Waals surface area contributed by atoms with Crippen molar-refractivity contribution in [2.45, 2.75) is 374 Å². The van der Waals surface area contributed by atoms with Crippen LogP contribution in [-0.4, -0.2) is 96.7 Å². The van der Waals surface area contributed by atoms with Gasteiger partial charge in [0.25, 0.3) is 0 Å². The Labute approximate surface area is 543 Å². The fraction of sp³-hybridized carbons (Fsp3) is 0.943. The molecule has 0 saturated carbocycles. The second kappa shape index (κ2) is 62.2. The van der Waals surface area contributed by atoms with Crippen molar-refractivity contribution in [3.8, 4) is 0 Å². The van der Waals surface area contributed by atoms with E-state index in [4.69, 9.17) is 37.0 Å². The van der Waals surface area contributed by atoms with E-state index in [-0.39, 0.29) is 25.7 Å². The number of esters is 4. The molecular formula is C70H136O17P2. The van der Waals surface area contributed by atoms with Crippen LogP contribution in [0.1, 0.15) is 356 Å². The molecular weight excluding hydrogens is 1170 g/mol. The Balaban J connectivity index is 5.22. The lowest BCUT2D eigenvalue weighted by Crippen LogP contribution is -2.30. The predicted molar refractivity (Wildman–Crippen MR) is 358 cm³/mol. The number of hydrogen-bond acceptors (Lipinski definition) is 15. The molecule has 0 aliphatic rings. The van der Waals surface area contributed by atoms with Crippen LogP contribution in [-0.2, 0) is 65.4 Å². The van der Waals surface area contributed by atoms with E-state index in [1.54, 1.807) is 0 Å². The van der Waals surface area contributed by atoms with Crippen LogP contribution in [0.15, 0.2) is 0 Å². The van der Waals surface area contributed by atoms with E-state index in [1.807, 2.05) is 0 Å². The number of ether oxygens (including phenoxy) is 4. The number of aliphatic hydroxyl groups is 1. The van der Waals surface area contributed by atoms with Gasteiger partial charge in [0.1, 0.15) is 19.3 Å². The van der Waals surface area contributed by atoms with E-state index >= 15 is 0 Å². The molecule has 0 aromatic rings. The molecule has 0 heterocycles. The molecule has 0 rings (SSSR count). The van der Waals surface area contributed by atoms with Crippen molar-refractivity contribution in [1.29, 1.82) is 0 Å². The van der Waals surface area contributed by atoms with E-state index in [1.165, 1.54) is 167 Å². The van der Waals surface area contributed by atoms with Crippen LogP contribution < -0.4 is 0 Å². The lowest BCUT2D eigenvalue weighted by molar-refractivity contribution is -0.161. The number of carbonyl (C=O) groups is 4.